The molecule has 2 saturated heterocycles. The molecule has 2 amide bonds. The fourth-order valence-electron chi connectivity index (χ4n) is 3.76. The highest BCUT2D eigenvalue weighted by Crippen LogP contribution is 2.32. The van der Waals surface area contributed by atoms with Gasteiger partial charge in [-0.2, -0.15) is 0 Å². The number of carbonyl (C=O) groups excluding carboxylic acids is 2. The lowest BCUT2D eigenvalue weighted by Gasteiger charge is -2.37. The van der Waals surface area contributed by atoms with Crippen molar-refractivity contribution in [3.63, 3.8) is 0 Å². The molecule has 0 saturated carbocycles. The number of rotatable bonds is 4. The van der Waals surface area contributed by atoms with Gasteiger partial charge >= 0.3 is 0 Å². The predicted octanol–water partition coefficient (Wildman–Crippen LogP) is 1.27. The molecule has 1 aromatic carbocycles. The summed E-state index contributed by atoms with van der Waals surface area (Å²) in [7, 11) is 0. The smallest absolute Gasteiger partial charge is 0.247 e. The van der Waals surface area contributed by atoms with Crippen LogP contribution in [0.15, 0.2) is 30.3 Å². The van der Waals surface area contributed by atoms with Gasteiger partial charge in [0.1, 0.15) is 5.01 Å². The van der Waals surface area contributed by atoms with E-state index in [1.165, 1.54) is 11.3 Å². The Kier molecular flexibility index (Phi) is 4.90. The first-order valence-corrected chi connectivity index (χ1v) is 9.87. The van der Waals surface area contributed by atoms with E-state index >= 15 is 0 Å². The maximum Gasteiger partial charge on any atom is 0.247 e. The number of para-hydroxylation sites is 1. The van der Waals surface area contributed by atoms with E-state index < -0.39 is 0 Å². The molecule has 0 aliphatic carbocycles. The van der Waals surface area contributed by atoms with E-state index in [9.17, 15) is 9.59 Å². The Morgan fingerprint density at radius 2 is 2.07 bits per heavy atom. The molecule has 2 aliphatic heterocycles. The Morgan fingerprint density at radius 1 is 1.30 bits per heavy atom. The van der Waals surface area contributed by atoms with Crippen molar-refractivity contribution in [3.05, 3.63) is 35.3 Å². The quantitative estimate of drug-likeness (QED) is 0.823. The van der Waals surface area contributed by atoms with E-state index in [4.69, 9.17) is 0 Å². The number of fused-ring (bicyclic) bond motifs is 1. The zero-order valence-electron chi connectivity index (χ0n) is 15.3. The topological polar surface area (TPSA) is 90.5 Å². The number of nitrogens with one attached hydrogen (secondary N) is 2. The number of hydrogen-bond donors (Lipinski definition) is 2. The normalized spacial score (nSPS) is 25.5. The van der Waals surface area contributed by atoms with Crippen LogP contribution in [0, 0.1) is 18.8 Å². The van der Waals surface area contributed by atoms with E-state index in [0.717, 1.165) is 17.2 Å². The van der Waals surface area contributed by atoms with Crippen LogP contribution in [0.5, 0.6) is 0 Å². The number of amides is 2. The monoisotopic (exact) mass is 386 g/mol. The van der Waals surface area contributed by atoms with E-state index in [2.05, 4.69) is 25.8 Å². The van der Waals surface area contributed by atoms with Gasteiger partial charge in [0.05, 0.1) is 23.6 Å². The highest BCUT2D eigenvalue weighted by molar-refractivity contribution is 7.15. The number of hydrogen-bond acceptors (Lipinski definition) is 7. The summed E-state index contributed by atoms with van der Waals surface area (Å²) in [6.45, 7) is 5.94. The van der Waals surface area contributed by atoms with Crippen molar-refractivity contribution in [3.8, 4) is 0 Å². The molecule has 3 atom stereocenters. The molecule has 142 valence electrons. The summed E-state index contributed by atoms with van der Waals surface area (Å²) in [6, 6.07) is 9.24. The minimum atomic E-state index is -0.356. The number of aryl methyl sites for hydroxylation is 1. The number of anilines is 2. The fourth-order valence-corrected chi connectivity index (χ4v) is 4.35. The van der Waals surface area contributed by atoms with Crippen LogP contribution in [0.3, 0.4) is 0 Å². The van der Waals surface area contributed by atoms with Gasteiger partial charge in [-0.1, -0.05) is 36.5 Å². The largest absolute Gasteiger partial charge is 0.302 e. The lowest BCUT2D eigenvalue weighted by Crippen LogP contribution is -2.55. The molecular formula is C18H22N6O2S. The summed E-state index contributed by atoms with van der Waals surface area (Å²) in [4.78, 5) is 28.1. The zero-order valence-corrected chi connectivity index (χ0v) is 16.1. The first-order chi connectivity index (χ1) is 13.1. The van der Waals surface area contributed by atoms with Crippen LogP contribution in [-0.2, 0) is 9.59 Å². The van der Waals surface area contributed by atoms with Gasteiger partial charge in [0.15, 0.2) is 0 Å². The molecule has 0 radical (unpaired) electrons. The van der Waals surface area contributed by atoms with Crippen LogP contribution in [0.2, 0.25) is 0 Å². The molecule has 3 heterocycles. The van der Waals surface area contributed by atoms with Crippen LogP contribution in [0.25, 0.3) is 0 Å². The number of hydrazine groups is 1. The molecule has 2 fully saturated rings. The molecule has 27 heavy (non-hydrogen) atoms. The van der Waals surface area contributed by atoms with Crippen molar-refractivity contribution in [2.24, 2.45) is 11.8 Å². The number of piperidine rings is 1. The fraction of sp³-hybridized carbons (Fsp3) is 0.444. The number of carbonyl (C=O) groups is 2. The summed E-state index contributed by atoms with van der Waals surface area (Å²) >= 11 is 1.34. The molecule has 0 bridgehead atoms. The van der Waals surface area contributed by atoms with Crippen molar-refractivity contribution in [2.45, 2.75) is 19.9 Å². The van der Waals surface area contributed by atoms with E-state index in [-0.39, 0.29) is 29.7 Å². The molecule has 8 nitrogen and oxygen atoms in total. The SMILES string of the molecule is CCN1CC(C(=O)Nc2nnc(C)s2)C2NN(c3ccccc3)C(=O)C2C1. The Hall–Kier alpha value is -2.36. The minimum absolute atomic E-state index is 0.00825. The predicted molar refractivity (Wildman–Crippen MR) is 103 cm³/mol. The maximum atomic E-state index is 13.0. The third-order valence-corrected chi connectivity index (χ3v) is 5.90. The summed E-state index contributed by atoms with van der Waals surface area (Å²) in [5.74, 6) is -0.736. The van der Waals surface area contributed by atoms with Gasteiger partial charge in [0.2, 0.25) is 16.9 Å². The van der Waals surface area contributed by atoms with Crippen LogP contribution in [0.1, 0.15) is 11.9 Å². The lowest BCUT2D eigenvalue weighted by molar-refractivity contribution is -0.126. The highest BCUT2D eigenvalue weighted by atomic mass is 32.1. The summed E-state index contributed by atoms with van der Waals surface area (Å²) in [5, 5.41) is 13.7. The number of likely N-dealkylation sites (tertiary alicyclic amines) is 1. The molecule has 3 unspecified atom stereocenters. The average Bonchev–Trinajstić information content (AvgIpc) is 3.24. The average molecular weight is 386 g/mol. The molecular weight excluding hydrogens is 364 g/mol. The van der Waals surface area contributed by atoms with Gasteiger partial charge in [0, 0.05) is 13.1 Å². The van der Waals surface area contributed by atoms with Crippen molar-refractivity contribution in [1.82, 2.24) is 20.5 Å². The second-order valence-corrected chi connectivity index (χ2v) is 8.03. The van der Waals surface area contributed by atoms with Gasteiger partial charge in [-0.25, -0.2) is 10.4 Å². The molecule has 1 aromatic heterocycles. The Labute approximate surface area is 161 Å². The Bertz CT molecular complexity index is 841. The minimum Gasteiger partial charge on any atom is -0.302 e. The zero-order chi connectivity index (χ0) is 19.0. The highest BCUT2D eigenvalue weighted by Gasteiger charge is 2.50. The lowest BCUT2D eigenvalue weighted by atomic mass is 9.84. The molecule has 0 spiro atoms. The van der Waals surface area contributed by atoms with Gasteiger partial charge in [-0.15, -0.1) is 10.2 Å². The standard InChI is InChI=1S/C18H22N6O2S/c1-3-23-9-13(16(25)19-18-21-20-11(2)27-18)15-14(10-23)17(26)24(22-15)12-7-5-4-6-8-12/h4-8,13-15,22H,3,9-10H2,1-2H3,(H,19,21,25). The first kappa shape index (κ1) is 18.0. The van der Waals surface area contributed by atoms with Gasteiger partial charge < -0.3 is 10.2 Å². The third kappa shape index (κ3) is 3.45. The van der Waals surface area contributed by atoms with E-state index in [1.807, 2.05) is 44.2 Å². The van der Waals surface area contributed by atoms with Crippen LogP contribution in [-0.4, -0.2) is 52.6 Å². The summed E-state index contributed by atoms with van der Waals surface area (Å²) < 4.78 is 0. The van der Waals surface area contributed by atoms with Gasteiger partial charge in [-0.3, -0.25) is 9.59 Å². The van der Waals surface area contributed by atoms with Gasteiger partial charge in [0.25, 0.3) is 0 Å². The summed E-state index contributed by atoms with van der Waals surface area (Å²) in [5.41, 5.74) is 4.08. The third-order valence-electron chi connectivity index (χ3n) is 5.15. The van der Waals surface area contributed by atoms with Crippen molar-refractivity contribution in [1.29, 1.82) is 0 Å². The molecule has 2 N–H and O–H groups in total. The summed E-state index contributed by atoms with van der Waals surface area (Å²) in [6.07, 6.45) is 0. The van der Waals surface area contributed by atoms with Crippen molar-refractivity contribution < 1.29 is 9.59 Å². The van der Waals surface area contributed by atoms with E-state index in [0.29, 0.717) is 18.2 Å². The second-order valence-electron chi connectivity index (χ2n) is 6.84. The van der Waals surface area contributed by atoms with Crippen LogP contribution < -0.4 is 15.8 Å². The first-order valence-electron chi connectivity index (χ1n) is 9.05. The molecule has 4 rings (SSSR count). The number of nitrogens with zero attached hydrogens (tertiary/aromatic N) is 4. The molecule has 2 aliphatic rings. The molecule has 9 heteroatoms. The van der Waals surface area contributed by atoms with Crippen molar-refractivity contribution in [2.75, 3.05) is 30.0 Å². The van der Waals surface area contributed by atoms with E-state index in [1.54, 1.807) is 5.01 Å². The van der Waals surface area contributed by atoms with Crippen LogP contribution >= 0.6 is 11.3 Å². The van der Waals surface area contributed by atoms with Crippen LogP contribution in [0.4, 0.5) is 10.8 Å². The molecule has 2 aromatic rings. The van der Waals surface area contributed by atoms with Crippen molar-refractivity contribution >= 4 is 34.0 Å². The maximum absolute atomic E-state index is 13.0. The Balaban J connectivity index is 1.58. The number of aromatic nitrogens is 2. The van der Waals surface area contributed by atoms with Gasteiger partial charge in [-0.05, 0) is 25.6 Å². The number of benzene rings is 1. The Morgan fingerprint density at radius 3 is 2.74 bits per heavy atom. The second kappa shape index (κ2) is 7.34.